The molecule has 1 saturated heterocycles. The van der Waals surface area contributed by atoms with E-state index in [1.54, 1.807) is 24.4 Å². The maximum absolute atomic E-state index is 12.0. The number of sulfonamides is 1. The number of aliphatic hydroxyl groups excluding tert-OH is 2. The van der Waals surface area contributed by atoms with Gasteiger partial charge in [0.15, 0.2) is 0 Å². The van der Waals surface area contributed by atoms with E-state index in [0.717, 1.165) is 4.31 Å². The summed E-state index contributed by atoms with van der Waals surface area (Å²) in [5, 5.41) is 18.7. The van der Waals surface area contributed by atoms with Gasteiger partial charge in [-0.05, 0) is 12.1 Å². The molecule has 0 aliphatic carbocycles. The van der Waals surface area contributed by atoms with E-state index in [9.17, 15) is 18.6 Å². The summed E-state index contributed by atoms with van der Waals surface area (Å²) in [7, 11) is -3.45. The number of nitrogens with zero attached hydrogens (tertiary/aromatic N) is 2. The summed E-state index contributed by atoms with van der Waals surface area (Å²) in [6.45, 7) is -0.0720. The predicted molar refractivity (Wildman–Crippen MR) is 65.3 cm³/mol. The molecule has 2 N–H and O–H groups in total. The average molecular weight is 272 g/mol. The first kappa shape index (κ1) is 13.4. The summed E-state index contributed by atoms with van der Waals surface area (Å²) in [6, 6.07) is 5.34. The van der Waals surface area contributed by atoms with Crippen LogP contribution in [0.5, 0.6) is 0 Å². The molecule has 0 spiro atoms. The minimum atomic E-state index is -3.45. The van der Waals surface area contributed by atoms with Crippen LogP contribution in [0.2, 0.25) is 0 Å². The number of aliphatic hydroxyl groups is 2. The van der Waals surface area contributed by atoms with Crippen molar-refractivity contribution in [2.75, 3.05) is 18.8 Å². The quantitative estimate of drug-likeness (QED) is 0.733. The van der Waals surface area contributed by atoms with Gasteiger partial charge in [-0.1, -0.05) is 6.07 Å². The van der Waals surface area contributed by atoms with E-state index in [4.69, 9.17) is 0 Å². The van der Waals surface area contributed by atoms with Gasteiger partial charge in [0, 0.05) is 31.4 Å². The van der Waals surface area contributed by atoms with Gasteiger partial charge in [-0.2, -0.15) is 4.31 Å². The zero-order valence-electron chi connectivity index (χ0n) is 9.81. The Bertz CT molecular complexity index is 481. The molecule has 1 aromatic rings. The second-order valence-electron chi connectivity index (χ2n) is 4.34. The molecule has 0 amide bonds. The third-order valence-electron chi connectivity index (χ3n) is 2.96. The summed E-state index contributed by atoms with van der Waals surface area (Å²) >= 11 is 0. The second kappa shape index (κ2) is 5.31. The van der Waals surface area contributed by atoms with Crippen LogP contribution in [0.1, 0.15) is 5.69 Å². The molecule has 18 heavy (non-hydrogen) atoms. The Labute approximate surface area is 106 Å². The second-order valence-corrected chi connectivity index (χ2v) is 6.43. The van der Waals surface area contributed by atoms with Crippen LogP contribution >= 0.6 is 0 Å². The van der Waals surface area contributed by atoms with Crippen LogP contribution in [0.25, 0.3) is 0 Å². The van der Waals surface area contributed by atoms with E-state index in [1.165, 1.54) is 0 Å². The fourth-order valence-electron chi connectivity index (χ4n) is 1.87. The molecule has 0 aromatic carbocycles. The number of aromatic nitrogens is 1. The summed E-state index contributed by atoms with van der Waals surface area (Å²) < 4.78 is 25.1. The molecule has 1 aliphatic heterocycles. The Hall–Kier alpha value is -1.02. The normalized spacial score (nSPS) is 25.4. The third-order valence-corrected chi connectivity index (χ3v) is 4.77. The Balaban J connectivity index is 1.96. The first-order chi connectivity index (χ1) is 8.49. The van der Waals surface area contributed by atoms with Crippen LogP contribution < -0.4 is 0 Å². The molecule has 2 unspecified atom stereocenters. The van der Waals surface area contributed by atoms with Crippen molar-refractivity contribution in [3.63, 3.8) is 0 Å². The van der Waals surface area contributed by atoms with E-state index >= 15 is 0 Å². The molecule has 100 valence electrons. The van der Waals surface area contributed by atoms with E-state index in [0.29, 0.717) is 12.1 Å². The maximum Gasteiger partial charge on any atom is 0.214 e. The largest absolute Gasteiger partial charge is 0.389 e. The summed E-state index contributed by atoms with van der Waals surface area (Å²) in [4.78, 5) is 4.06. The lowest BCUT2D eigenvalue weighted by molar-refractivity contribution is 0.0572. The monoisotopic (exact) mass is 272 g/mol. The van der Waals surface area contributed by atoms with Gasteiger partial charge in [-0.25, -0.2) is 8.42 Å². The lowest BCUT2D eigenvalue weighted by Crippen LogP contribution is -2.32. The molecule has 0 bridgehead atoms. The molecule has 6 nitrogen and oxygen atoms in total. The van der Waals surface area contributed by atoms with E-state index in [-0.39, 0.29) is 18.8 Å². The zero-order valence-corrected chi connectivity index (χ0v) is 10.6. The van der Waals surface area contributed by atoms with Gasteiger partial charge in [0.2, 0.25) is 10.0 Å². The Morgan fingerprint density at radius 2 is 1.94 bits per heavy atom. The highest BCUT2D eigenvalue weighted by Crippen LogP contribution is 2.15. The molecule has 7 heteroatoms. The first-order valence-electron chi connectivity index (χ1n) is 5.73. The fourth-order valence-corrected chi connectivity index (χ4v) is 3.36. The SMILES string of the molecule is O=S(=O)(CCc1ccccn1)N1CC(O)C(O)C1. The lowest BCUT2D eigenvalue weighted by Gasteiger charge is -2.15. The van der Waals surface area contributed by atoms with Gasteiger partial charge in [-0.15, -0.1) is 0 Å². The summed E-state index contributed by atoms with van der Waals surface area (Å²) in [6.07, 6.45) is -0.0405. The van der Waals surface area contributed by atoms with Crippen LogP contribution in [0, 0.1) is 0 Å². The van der Waals surface area contributed by atoms with Crippen molar-refractivity contribution in [3.05, 3.63) is 30.1 Å². The lowest BCUT2D eigenvalue weighted by atomic mass is 10.3. The van der Waals surface area contributed by atoms with E-state index in [1.807, 2.05) is 0 Å². The molecule has 2 heterocycles. The number of hydrogen-bond acceptors (Lipinski definition) is 5. The van der Waals surface area contributed by atoms with Crippen molar-refractivity contribution in [2.24, 2.45) is 0 Å². The number of pyridine rings is 1. The van der Waals surface area contributed by atoms with Crippen molar-refractivity contribution in [3.8, 4) is 0 Å². The van der Waals surface area contributed by atoms with E-state index in [2.05, 4.69) is 4.98 Å². The van der Waals surface area contributed by atoms with Gasteiger partial charge in [0.05, 0.1) is 18.0 Å². The highest BCUT2D eigenvalue weighted by atomic mass is 32.2. The van der Waals surface area contributed by atoms with Crippen molar-refractivity contribution in [1.29, 1.82) is 0 Å². The fraction of sp³-hybridized carbons (Fsp3) is 0.545. The first-order valence-corrected chi connectivity index (χ1v) is 7.34. The van der Waals surface area contributed by atoms with Gasteiger partial charge in [0.1, 0.15) is 0 Å². The number of rotatable bonds is 4. The molecular formula is C11H16N2O4S. The Kier molecular flexibility index (Phi) is 3.96. The van der Waals surface area contributed by atoms with Crippen LogP contribution in [-0.2, 0) is 16.4 Å². The third kappa shape index (κ3) is 3.05. The molecule has 0 radical (unpaired) electrons. The smallest absolute Gasteiger partial charge is 0.214 e. The highest BCUT2D eigenvalue weighted by Gasteiger charge is 2.36. The molecule has 1 fully saturated rings. The van der Waals surface area contributed by atoms with Gasteiger partial charge < -0.3 is 10.2 Å². The molecule has 2 rings (SSSR count). The van der Waals surface area contributed by atoms with Crippen LogP contribution in [-0.4, -0.2) is 59.0 Å². The summed E-state index contributed by atoms with van der Waals surface area (Å²) in [5.74, 6) is -0.0660. The minimum Gasteiger partial charge on any atom is -0.389 e. The Morgan fingerprint density at radius 3 is 2.50 bits per heavy atom. The minimum absolute atomic E-state index is 0.0360. The maximum atomic E-state index is 12.0. The molecule has 2 atom stereocenters. The standard InChI is InChI=1S/C11H16N2O4S/c14-10-7-13(8-11(10)15)18(16,17)6-4-9-3-1-2-5-12-9/h1-3,5,10-11,14-15H,4,6-8H2. The molecule has 1 aromatic heterocycles. The number of hydrogen-bond donors (Lipinski definition) is 2. The van der Waals surface area contributed by atoms with Crippen LogP contribution in [0.3, 0.4) is 0 Å². The average Bonchev–Trinajstić information content (AvgIpc) is 2.70. The van der Waals surface area contributed by atoms with Crippen molar-refractivity contribution >= 4 is 10.0 Å². The van der Waals surface area contributed by atoms with Crippen molar-refractivity contribution < 1.29 is 18.6 Å². The van der Waals surface area contributed by atoms with Gasteiger partial charge in [0.25, 0.3) is 0 Å². The predicted octanol–water partition coefficient (Wildman–Crippen LogP) is -1.01. The van der Waals surface area contributed by atoms with Crippen LogP contribution in [0.15, 0.2) is 24.4 Å². The molecule has 0 saturated carbocycles. The highest BCUT2D eigenvalue weighted by molar-refractivity contribution is 7.89. The number of β-amino-alcohol motifs (C(OH)–C–C–N with tert-alkyl or cyclic N) is 2. The van der Waals surface area contributed by atoms with Crippen LogP contribution in [0.4, 0.5) is 0 Å². The summed E-state index contributed by atoms with van der Waals surface area (Å²) in [5.41, 5.74) is 0.710. The zero-order chi connectivity index (χ0) is 13.2. The van der Waals surface area contributed by atoms with Crippen molar-refractivity contribution in [1.82, 2.24) is 9.29 Å². The van der Waals surface area contributed by atoms with E-state index < -0.39 is 22.2 Å². The molecular weight excluding hydrogens is 256 g/mol. The topological polar surface area (TPSA) is 90.7 Å². The van der Waals surface area contributed by atoms with Gasteiger partial charge >= 0.3 is 0 Å². The van der Waals surface area contributed by atoms with Crippen molar-refractivity contribution in [2.45, 2.75) is 18.6 Å². The Morgan fingerprint density at radius 1 is 1.28 bits per heavy atom. The molecule has 1 aliphatic rings. The van der Waals surface area contributed by atoms with Gasteiger partial charge in [-0.3, -0.25) is 4.98 Å². The number of aryl methyl sites for hydroxylation is 1.